The second-order valence-corrected chi connectivity index (χ2v) is 10.5. The zero-order chi connectivity index (χ0) is 27.3. The molecule has 4 atom stereocenters. The predicted octanol–water partition coefficient (Wildman–Crippen LogP) is 3.68. The number of primary amides is 1. The lowest BCUT2D eigenvalue weighted by Crippen LogP contribution is -2.54. The summed E-state index contributed by atoms with van der Waals surface area (Å²) in [7, 11) is 0. The number of nitrogens with zero attached hydrogens (tertiary/aromatic N) is 1. The molecule has 0 radical (unpaired) electrons. The first-order valence-electron chi connectivity index (χ1n) is 12.4. The van der Waals surface area contributed by atoms with Crippen molar-refractivity contribution < 1.29 is 23.9 Å². The second kappa shape index (κ2) is 11.5. The van der Waals surface area contributed by atoms with Crippen molar-refractivity contribution >= 4 is 29.5 Å². The highest BCUT2D eigenvalue weighted by atomic mass is 16.6. The number of benzene rings is 2. The molecule has 0 saturated heterocycles. The van der Waals surface area contributed by atoms with E-state index in [2.05, 4.69) is 10.6 Å². The first-order chi connectivity index (χ1) is 17.4. The molecule has 37 heavy (non-hydrogen) atoms. The molecule has 0 bridgehead atoms. The molecule has 0 heterocycles. The van der Waals surface area contributed by atoms with Crippen molar-refractivity contribution in [1.29, 1.82) is 0 Å². The van der Waals surface area contributed by atoms with Crippen LogP contribution in [-0.2, 0) is 19.1 Å². The number of para-hydroxylation sites is 1. The van der Waals surface area contributed by atoms with E-state index in [4.69, 9.17) is 10.5 Å². The molecule has 9 nitrogen and oxygen atoms in total. The molecular formula is C28H36N4O5. The van der Waals surface area contributed by atoms with Crippen LogP contribution in [0.25, 0.3) is 0 Å². The van der Waals surface area contributed by atoms with Gasteiger partial charge in [-0.1, -0.05) is 55.5 Å². The molecule has 1 aliphatic rings. The topological polar surface area (TPSA) is 131 Å². The second-order valence-electron chi connectivity index (χ2n) is 10.5. The maximum absolute atomic E-state index is 14.0. The number of carbonyl (C=O) groups is 4. The summed E-state index contributed by atoms with van der Waals surface area (Å²) in [5.74, 6) is -1.60. The molecule has 4 N–H and O–H groups in total. The summed E-state index contributed by atoms with van der Waals surface area (Å²) < 4.78 is 5.31. The van der Waals surface area contributed by atoms with Crippen LogP contribution < -0.4 is 16.4 Å². The SMILES string of the molecule is Cc1ccccc1NC(=O)C(c1ccccc1)N(C(=O)C(CC(N)=O)NC(=O)OC(C)(C)C)C1CC1C. The number of ether oxygens (including phenoxy) is 1. The van der Waals surface area contributed by atoms with Gasteiger partial charge in [0.25, 0.3) is 5.91 Å². The largest absolute Gasteiger partial charge is 0.444 e. The molecule has 1 saturated carbocycles. The Balaban J connectivity index is 2.00. The molecule has 3 rings (SSSR count). The fourth-order valence-corrected chi connectivity index (χ4v) is 4.19. The van der Waals surface area contributed by atoms with Crippen molar-refractivity contribution in [1.82, 2.24) is 10.2 Å². The minimum absolute atomic E-state index is 0.136. The fraction of sp³-hybridized carbons (Fsp3) is 0.429. The van der Waals surface area contributed by atoms with Crippen LogP contribution in [0.3, 0.4) is 0 Å². The zero-order valence-electron chi connectivity index (χ0n) is 22.0. The third-order valence-electron chi connectivity index (χ3n) is 6.12. The number of hydrogen-bond acceptors (Lipinski definition) is 5. The number of aryl methyl sites for hydroxylation is 1. The van der Waals surface area contributed by atoms with Gasteiger partial charge in [-0.25, -0.2) is 4.79 Å². The van der Waals surface area contributed by atoms with Gasteiger partial charge in [-0.15, -0.1) is 0 Å². The van der Waals surface area contributed by atoms with Gasteiger partial charge >= 0.3 is 6.09 Å². The van der Waals surface area contributed by atoms with Crippen LogP contribution in [0.1, 0.15) is 57.7 Å². The Kier molecular flexibility index (Phi) is 8.57. The summed E-state index contributed by atoms with van der Waals surface area (Å²) in [6.07, 6.45) is -0.601. The van der Waals surface area contributed by atoms with Crippen molar-refractivity contribution in [3.05, 3.63) is 65.7 Å². The number of hydrogen-bond donors (Lipinski definition) is 3. The molecule has 1 fully saturated rings. The van der Waals surface area contributed by atoms with Crippen LogP contribution in [0.15, 0.2) is 54.6 Å². The Morgan fingerprint density at radius 1 is 1.05 bits per heavy atom. The molecule has 1 aliphatic carbocycles. The van der Waals surface area contributed by atoms with Crippen LogP contribution in [0.4, 0.5) is 10.5 Å². The van der Waals surface area contributed by atoms with E-state index in [1.54, 1.807) is 51.1 Å². The molecule has 0 aliphatic heterocycles. The third-order valence-corrected chi connectivity index (χ3v) is 6.12. The van der Waals surface area contributed by atoms with Crippen LogP contribution in [0.2, 0.25) is 0 Å². The number of nitrogens with two attached hydrogens (primary N) is 1. The number of amides is 4. The lowest BCUT2D eigenvalue weighted by Gasteiger charge is -2.35. The molecule has 4 amide bonds. The average Bonchev–Trinajstić information content (AvgIpc) is 3.52. The van der Waals surface area contributed by atoms with E-state index in [1.807, 2.05) is 38.1 Å². The Bertz CT molecular complexity index is 1140. The van der Waals surface area contributed by atoms with Crippen LogP contribution in [0.5, 0.6) is 0 Å². The normalized spacial score (nSPS) is 18.2. The Morgan fingerprint density at radius 2 is 1.65 bits per heavy atom. The smallest absolute Gasteiger partial charge is 0.408 e. The van der Waals surface area contributed by atoms with E-state index in [1.165, 1.54) is 4.90 Å². The monoisotopic (exact) mass is 508 g/mol. The van der Waals surface area contributed by atoms with Gasteiger partial charge in [-0.05, 0) is 57.2 Å². The molecule has 0 aromatic heterocycles. The summed E-state index contributed by atoms with van der Waals surface area (Å²) in [5, 5.41) is 5.46. The Hall–Kier alpha value is -3.88. The van der Waals surface area contributed by atoms with Gasteiger partial charge in [-0.3, -0.25) is 14.4 Å². The number of carbonyl (C=O) groups excluding carboxylic acids is 4. The predicted molar refractivity (Wildman–Crippen MR) is 140 cm³/mol. The number of anilines is 1. The fourth-order valence-electron chi connectivity index (χ4n) is 4.19. The summed E-state index contributed by atoms with van der Waals surface area (Å²) >= 11 is 0. The number of rotatable bonds is 9. The standard InChI is InChI=1S/C28H36N4O5/c1-17-11-9-10-14-20(17)30-25(34)24(19-12-7-6-8-13-19)32(22-15-18(22)2)26(35)21(16-23(29)33)31-27(36)37-28(3,4)5/h6-14,18,21-22,24H,15-16H2,1-5H3,(H2,29,33)(H,30,34)(H,31,36). The molecular weight excluding hydrogens is 472 g/mol. The van der Waals surface area contributed by atoms with E-state index in [0.717, 1.165) is 5.56 Å². The maximum Gasteiger partial charge on any atom is 0.408 e. The van der Waals surface area contributed by atoms with Crippen molar-refractivity contribution in [2.45, 2.75) is 71.2 Å². The highest BCUT2D eigenvalue weighted by Gasteiger charge is 2.48. The molecule has 2 aromatic rings. The van der Waals surface area contributed by atoms with Gasteiger partial charge < -0.3 is 26.0 Å². The Morgan fingerprint density at radius 3 is 2.19 bits per heavy atom. The van der Waals surface area contributed by atoms with Gasteiger partial charge in [0, 0.05) is 11.7 Å². The lowest BCUT2D eigenvalue weighted by atomic mass is 10.0. The van der Waals surface area contributed by atoms with Crippen molar-refractivity contribution in [2.75, 3.05) is 5.32 Å². The van der Waals surface area contributed by atoms with E-state index in [-0.39, 0.29) is 12.0 Å². The highest BCUT2D eigenvalue weighted by molar-refractivity contribution is 6.00. The third kappa shape index (κ3) is 7.55. The van der Waals surface area contributed by atoms with E-state index in [9.17, 15) is 19.2 Å². The quantitative estimate of drug-likeness (QED) is 0.476. The van der Waals surface area contributed by atoms with E-state index >= 15 is 0 Å². The van der Waals surface area contributed by atoms with Crippen LogP contribution in [-0.4, -0.2) is 46.4 Å². The lowest BCUT2D eigenvalue weighted by molar-refractivity contribution is -0.142. The van der Waals surface area contributed by atoms with Crippen molar-refractivity contribution in [2.24, 2.45) is 11.7 Å². The number of nitrogens with one attached hydrogen (secondary N) is 2. The Labute approximate surface area is 217 Å². The molecule has 4 unspecified atom stereocenters. The highest BCUT2D eigenvalue weighted by Crippen LogP contribution is 2.41. The van der Waals surface area contributed by atoms with Gasteiger partial charge in [0.2, 0.25) is 11.8 Å². The van der Waals surface area contributed by atoms with Crippen molar-refractivity contribution in [3.8, 4) is 0 Å². The average molecular weight is 509 g/mol. The molecule has 198 valence electrons. The van der Waals surface area contributed by atoms with Crippen LogP contribution in [0, 0.1) is 12.8 Å². The molecule has 9 heteroatoms. The summed E-state index contributed by atoms with van der Waals surface area (Å²) in [4.78, 5) is 53.7. The van der Waals surface area contributed by atoms with Gasteiger partial charge in [0.05, 0.1) is 6.42 Å². The van der Waals surface area contributed by atoms with Gasteiger partial charge in [0.15, 0.2) is 0 Å². The first-order valence-corrected chi connectivity index (χ1v) is 12.4. The van der Waals surface area contributed by atoms with Crippen molar-refractivity contribution in [3.63, 3.8) is 0 Å². The van der Waals surface area contributed by atoms with E-state index in [0.29, 0.717) is 17.7 Å². The summed E-state index contributed by atoms with van der Waals surface area (Å²) in [5.41, 5.74) is 6.74. The zero-order valence-corrected chi connectivity index (χ0v) is 22.0. The summed E-state index contributed by atoms with van der Waals surface area (Å²) in [6.45, 7) is 8.94. The van der Waals surface area contributed by atoms with Crippen LogP contribution >= 0.6 is 0 Å². The first kappa shape index (κ1) is 27.7. The van der Waals surface area contributed by atoms with E-state index < -0.39 is 47.9 Å². The van der Waals surface area contributed by atoms with Gasteiger partial charge in [0.1, 0.15) is 17.7 Å². The minimum Gasteiger partial charge on any atom is -0.444 e. The molecule has 2 aromatic carbocycles. The minimum atomic E-state index is -1.29. The number of alkyl carbamates (subject to hydrolysis) is 1. The summed E-state index contributed by atoms with van der Waals surface area (Å²) in [6, 6.07) is 13.8. The molecule has 0 spiro atoms. The van der Waals surface area contributed by atoms with Gasteiger partial charge in [-0.2, -0.15) is 0 Å². The maximum atomic E-state index is 14.0.